The van der Waals surface area contributed by atoms with Crippen LogP contribution in [0, 0.1) is 6.92 Å². The fraction of sp³-hybridized carbons (Fsp3) is 0.412. The van der Waals surface area contributed by atoms with Gasteiger partial charge in [-0.1, -0.05) is 35.6 Å². The molecule has 4 N–H and O–H groups in total. The van der Waals surface area contributed by atoms with Gasteiger partial charge >= 0.3 is 0 Å². The summed E-state index contributed by atoms with van der Waals surface area (Å²) in [7, 11) is 0. The summed E-state index contributed by atoms with van der Waals surface area (Å²) in [5.74, 6) is -0.309. The fourth-order valence-electron chi connectivity index (χ4n) is 2.94. The number of carbonyl (C=O) groups excluding carboxylic acids is 2. The van der Waals surface area contributed by atoms with E-state index in [4.69, 9.17) is 5.73 Å². The Morgan fingerprint density at radius 1 is 1.42 bits per heavy atom. The van der Waals surface area contributed by atoms with E-state index in [1.54, 1.807) is 0 Å². The molecular formula is C17H22N6O2S. The molecule has 1 saturated heterocycles. The molecule has 0 bridgehead atoms. The maximum Gasteiger partial charge on any atom is 0.237 e. The van der Waals surface area contributed by atoms with E-state index >= 15 is 0 Å². The van der Waals surface area contributed by atoms with Crippen LogP contribution in [-0.2, 0) is 22.7 Å². The van der Waals surface area contributed by atoms with Crippen molar-refractivity contribution in [3.05, 3.63) is 40.4 Å². The number of piperazine rings is 1. The standard InChI is InChI=1S/C17H22N6O2S/c1-11-4-2-3-5-12(11)10-23-7-6-19-16(25)13(23)8-14(24)20-9-15-21-22-17(18)26-15/h2-5,13H,6-10H2,1H3,(H2,18,22)(H,19,25)(H,20,24). The number of nitrogens with one attached hydrogen (secondary N) is 2. The van der Waals surface area contributed by atoms with Gasteiger partial charge in [0.2, 0.25) is 16.9 Å². The molecule has 138 valence electrons. The van der Waals surface area contributed by atoms with E-state index in [9.17, 15) is 9.59 Å². The average molecular weight is 374 g/mol. The smallest absolute Gasteiger partial charge is 0.237 e. The molecule has 1 aliphatic heterocycles. The molecule has 1 unspecified atom stereocenters. The van der Waals surface area contributed by atoms with Gasteiger partial charge in [0.15, 0.2) is 0 Å². The Bertz CT molecular complexity index is 793. The lowest BCUT2D eigenvalue weighted by Crippen LogP contribution is -2.56. The van der Waals surface area contributed by atoms with E-state index < -0.39 is 6.04 Å². The summed E-state index contributed by atoms with van der Waals surface area (Å²) in [6.45, 7) is 4.26. The highest BCUT2D eigenvalue weighted by Gasteiger charge is 2.31. The molecule has 8 nitrogen and oxygen atoms in total. The van der Waals surface area contributed by atoms with Crippen LogP contribution in [0.15, 0.2) is 24.3 Å². The molecule has 0 saturated carbocycles. The first-order valence-electron chi connectivity index (χ1n) is 8.44. The summed E-state index contributed by atoms with van der Waals surface area (Å²) in [4.78, 5) is 26.7. The average Bonchev–Trinajstić information content (AvgIpc) is 3.03. The number of aromatic nitrogens is 2. The number of anilines is 1. The van der Waals surface area contributed by atoms with Crippen molar-refractivity contribution in [3.8, 4) is 0 Å². The van der Waals surface area contributed by atoms with Crippen LogP contribution >= 0.6 is 11.3 Å². The molecule has 3 rings (SSSR count). The van der Waals surface area contributed by atoms with Gasteiger partial charge < -0.3 is 16.4 Å². The molecule has 2 heterocycles. The third-order valence-electron chi connectivity index (χ3n) is 4.37. The zero-order valence-electron chi connectivity index (χ0n) is 14.6. The van der Waals surface area contributed by atoms with E-state index in [0.717, 1.165) is 5.56 Å². The minimum absolute atomic E-state index is 0.103. The van der Waals surface area contributed by atoms with Crippen LogP contribution in [-0.4, -0.2) is 46.0 Å². The van der Waals surface area contributed by atoms with E-state index in [0.29, 0.717) is 29.8 Å². The summed E-state index contributed by atoms with van der Waals surface area (Å²) in [6, 6.07) is 7.60. The van der Waals surface area contributed by atoms with Crippen molar-refractivity contribution < 1.29 is 9.59 Å². The highest BCUT2D eigenvalue weighted by Crippen LogP contribution is 2.17. The molecule has 1 aliphatic rings. The van der Waals surface area contributed by atoms with E-state index in [-0.39, 0.29) is 24.8 Å². The van der Waals surface area contributed by atoms with Gasteiger partial charge in [0.25, 0.3) is 0 Å². The third kappa shape index (κ3) is 4.55. The first-order chi connectivity index (χ1) is 12.5. The predicted octanol–water partition coefficient (Wildman–Crippen LogP) is 0.436. The van der Waals surface area contributed by atoms with Gasteiger partial charge in [-0.15, -0.1) is 10.2 Å². The number of nitrogens with two attached hydrogens (primary N) is 1. The van der Waals surface area contributed by atoms with Gasteiger partial charge in [-0.2, -0.15) is 0 Å². The second-order valence-corrected chi connectivity index (χ2v) is 7.31. The van der Waals surface area contributed by atoms with Crippen molar-refractivity contribution >= 4 is 28.3 Å². The van der Waals surface area contributed by atoms with Gasteiger partial charge in [-0.25, -0.2) is 0 Å². The molecular weight excluding hydrogens is 352 g/mol. The van der Waals surface area contributed by atoms with Crippen LogP contribution in [0.4, 0.5) is 5.13 Å². The number of benzene rings is 1. The molecule has 0 radical (unpaired) electrons. The highest BCUT2D eigenvalue weighted by molar-refractivity contribution is 7.15. The number of rotatable bonds is 6. The zero-order valence-corrected chi connectivity index (χ0v) is 15.4. The number of nitrogen functional groups attached to an aromatic ring is 1. The largest absolute Gasteiger partial charge is 0.374 e. The number of nitrogens with zero attached hydrogens (tertiary/aromatic N) is 3. The monoisotopic (exact) mass is 374 g/mol. The lowest BCUT2D eigenvalue weighted by molar-refractivity contribution is -0.134. The summed E-state index contributed by atoms with van der Waals surface area (Å²) in [5.41, 5.74) is 7.87. The molecule has 2 amide bonds. The van der Waals surface area contributed by atoms with Gasteiger partial charge in [0.1, 0.15) is 5.01 Å². The summed E-state index contributed by atoms with van der Waals surface area (Å²) >= 11 is 1.23. The molecule has 1 fully saturated rings. The summed E-state index contributed by atoms with van der Waals surface area (Å²) in [6.07, 6.45) is 0.103. The first kappa shape index (κ1) is 18.3. The van der Waals surface area contributed by atoms with Crippen LogP contribution in [0.5, 0.6) is 0 Å². The molecule has 1 aromatic heterocycles. The molecule has 26 heavy (non-hydrogen) atoms. The van der Waals surface area contributed by atoms with Crippen molar-refractivity contribution in [1.82, 2.24) is 25.7 Å². The Labute approximate surface area is 155 Å². The first-order valence-corrected chi connectivity index (χ1v) is 9.25. The Hall–Kier alpha value is -2.52. The lowest BCUT2D eigenvalue weighted by atomic mass is 10.0. The van der Waals surface area contributed by atoms with Crippen LogP contribution < -0.4 is 16.4 Å². The highest BCUT2D eigenvalue weighted by atomic mass is 32.1. The normalized spacial score (nSPS) is 17.7. The van der Waals surface area contributed by atoms with Crippen LogP contribution in [0.2, 0.25) is 0 Å². The Balaban J connectivity index is 1.61. The predicted molar refractivity (Wildman–Crippen MR) is 99.2 cm³/mol. The van der Waals surface area contributed by atoms with Crippen LogP contribution in [0.25, 0.3) is 0 Å². The topological polar surface area (TPSA) is 113 Å². The summed E-state index contributed by atoms with van der Waals surface area (Å²) in [5, 5.41) is 14.2. The van der Waals surface area contributed by atoms with E-state index in [1.165, 1.54) is 16.9 Å². The number of amides is 2. The summed E-state index contributed by atoms with van der Waals surface area (Å²) < 4.78 is 0. The van der Waals surface area contributed by atoms with E-state index in [1.807, 2.05) is 12.1 Å². The quantitative estimate of drug-likeness (QED) is 0.676. The second kappa shape index (κ2) is 8.24. The number of carbonyl (C=O) groups is 2. The zero-order chi connectivity index (χ0) is 18.5. The third-order valence-corrected chi connectivity index (χ3v) is 5.13. The van der Waals surface area contributed by atoms with Crippen LogP contribution in [0.1, 0.15) is 22.6 Å². The fourth-order valence-corrected chi connectivity index (χ4v) is 3.49. The van der Waals surface area contributed by atoms with Crippen molar-refractivity contribution in [3.63, 3.8) is 0 Å². The molecule has 9 heteroatoms. The van der Waals surface area contributed by atoms with Gasteiger partial charge in [-0.3, -0.25) is 14.5 Å². The Morgan fingerprint density at radius 3 is 2.96 bits per heavy atom. The maximum absolute atomic E-state index is 12.3. The minimum Gasteiger partial charge on any atom is -0.374 e. The SMILES string of the molecule is Cc1ccccc1CN1CCNC(=O)C1CC(=O)NCc1nnc(N)s1. The molecule has 1 atom stereocenters. The molecule has 2 aromatic rings. The Kier molecular flexibility index (Phi) is 5.79. The molecule has 0 aliphatic carbocycles. The number of hydrogen-bond donors (Lipinski definition) is 3. The van der Waals surface area contributed by atoms with Crippen molar-refractivity contribution in [1.29, 1.82) is 0 Å². The van der Waals surface area contributed by atoms with Crippen molar-refractivity contribution in [2.45, 2.75) is 32.5 Å². The lowest BCUT2D eigenvalue weighted by Gasteiger charge is -2.35. The number of hydrogen-bond acceptors (Lipinski definition) is 7. The second-order valence-electron chi connectivity index (χ2n) is 6.22. The minimum atomic E-state index is -0.483. The van der Waals surface area contributed by atoms with Crippen LogP contribution in [0.3, 0.4) is 0 Å². The molecule has 1 aromatic carbocycles. The van der Waals surface area contributed by atoms with Gasteiger partial charge in [0, 0.05) is 19.6 Å². The molecule has 0 spiro atoms. The van der Waals surface area contributed by atoms with Gasteiger partial charge in [0.05, 0.1) is 19.0 Å². The van der Waals surface area contributed by atoms with E-state index in [2.05, 4.69) is 44.8 Å². The number of aryl methyl sites for hydroxylation is 1. The van der Waals surface area contributed by atoms with Crippen molar-refractivity contribution in [2.75, 3.05) is 18.8 Å². The van der Waals surface area contributed by atoms with Crippen molar-refractivity contribution in [2.24, 2.45) is 0 Å². The maximum atomic E-state index is 12.3. The van der Waals surface area contributed by atoms with Gasteiger partial charge in [-0.05, 0) is 18.1 Å². The Morgan fingerprint density at radius 2 is 2.23 bits per heavy atom.